The van der Waals surface area contributed by atoms with E-state index < -0.39 is 28.1 Å². The van der Waals surface area contributed by atoms with Crippen LogP contribution in [-0.4, -0.2) is 45.6 Å². The van der Waals surface area contributed by atoms with Crippen LogP contribution in [0.4, 0.5) is 20.6 Å². The number of rotatable bonds is 3. The smallest absolute Gasteiger partial charge is 0.410 e. The van der Waals surface area contributed by atoms with Crippen LogP contribution in [0.2, 0.25) is 5.15 Å². The summed E-state index contributed by atoms with van der Waals surface area (Å²) in [5.74, 6) is -0.630. The van der Waals surface area contributed by atoms with Crippen molar-refractivity contribution in [2.45, 2.75) is 73.0 Å². The van der Waals surface area contributed by atoms with Gasteiger partial charge in [0.2, 0.25) is 5.15 Å². The van der Waals surface area contributed by atoms with Gasteiger partial charge in [0, 0.05) is 31.4 Å². The molecule has 1 saturated heterocycles. The zero-order valence-electron chi connectivity index (χ0n) is 21.5. The molecule has 1 aromatic heterocycles. The van der Waals surface area contributed by atoms with Gasteiger partial charge in [-0.05, 0) is 68.1 Å². The summed E-state index contributed by atoms with van der Waals surface area (Å²) in [4.78, 5) is 28.9. The molecular weight excluding hydrogens is 557 g/mol. The summed E-state index contributed by atoms with van der Waals surface area (Å²) >= 11 is 9.24. The van der Waals surface area contributed by atoms with E-state index in [2.05, 4.69) is 26.2 Å². The molecule has 0 saturated carbocycles. The first-order chi connectivity index (χ1) is 16.8. The van der Waals surface area contributed by atoms with Crippen molar-refractivity contribution in [1.29, 1.82) is 5.26 Å². The van der Waals surface area contributed by atoms with Gasteiger partial charge in [0.15, 0.2) is 5.82 Å². The lowest BCUT2D eigenvalue weighted by molar-refractivity contribution is -0.384. The largest absolute Gasteiger partial charge is 0.444 e. The van der Waals surface area contributed by atoms with Gasteiger partial charge >= 0.3 is 11.8 Å². The Morgan fingerprint density at radius 1 is 1.39 bits per heavy atom. The van der Waals surface area contributed by atoms with Gasteiger partial charge in [0.05, 0.1) is 15.5 Å². The fourth-order valence-corrected chi connectivity index (χ4v) is 4.03. The maximum absolute atomic E-state index is 14.8. The van der Waals surface area contributed by atoms with Gasteiger partial charge in [-0.1, -0.05) is 25.4 Å². The first-order valence-electron chi connectivity index (χ1n) is 11.5. The van der Waals surface area contributed by atoms with E-state index in [0.29, 0.717) is 31.5 Å². The van der Waals surface area contributed by atoms with Crippen LogP contribution in [0.25, 0.3) is 10.9 Å². The average Bonchev–Trinajstić information content (AvgIpc) is 2.79. The summed E-state index contributed by atoms with van der Waals surface area (Å²) in [6, 6.07) is 3.21. The zero-order chi connectivity index (χ0) is 27.8. The van der Waals surface area contributed by atoms with Crippen LogP contribution in [0.5, 0.6) is 0 Å². The van der Waals surface area contributed by atoms with Crippen molar-refractivity contribution < 1.29 is 18.8 Å². The number of carbonyl (C=O) groups excluding carboxylic acids is 1. The molecular formula is C24H32BrClFN5O4. The number of halogens is 3. The van der Waals surface area contributed by atoms with E-state index in [1.54, 1.807) is 44.7 Å². The van der Waals surface area contributed by atoms with Crippen LogP contribution in [0.15, 0.2) is 10.5 Å². The molecule has 2 heterocycles. The summed E-state index contributed by atoms with van der Waals surface area (Å²) in [6.07, 6.45) is 0.683. The molecule has 0 spiro atoms. The third-order valence-corrected chi connectivity index (χ3v) is 6.19. The highest BCUT2D eigenvalue weighted by atomic mass is 79.9. The van der Waals surface area contributed by atoms with Crippen molar-refractivity contribution in [1.82, 2.24) is 9.88 Å². The zero-order valence-corrected chi connectivity index (χ0v) is 23.9. The Labute approximate surface area is 224 Å². The average molecular weight is 589 g/mol. The summed E-state index contributed by atoms with van der Waals surface area (Å²) in [5.41, 5.74) is -0.335. The molecule has 1 aliphatic heterocycles. The van der Waals surface area contributed by atoms with Crippen LogP contribution in [-0.2, 0) is 4.74 Å². The topological polar surface area (TPSA) is 121 Å². The third-order valence-electron chi connectivity index (χ3n) is 4.95. The minimum atomic E-state index is -0.630. The Balaban J connectivity index is 0.00000120. The molecule has 2 aromatic rings. The van der Waals surface area contributed by atoms with E-state index in [4.69, 9.17) is 21.6 Å². The SMILES string of the molecule is CC.CC#N.Cc1cc2c(NC3CCN(C(=O)OC(C)(C)C)CC3)c([N+](=O)[O-])c(Cl)nc2c(F)c1Br. The molecule has 0 bridgehead atoms. The minimum absolute atomic E-state index is 0.0539. The number of fused-ring (bicyclic) bond motifs is 1. The van der Waals surface area contributed by atoms with Crippen molar-refractivity contribution in [2.75, 3.05) is 18.4 Å². The van der Waals surface area contributed by atoms with Crippen molar-refractivity contribution in [2.24, 2.45) is 0 Å². The second-order valence-electron chi connectivity index (χ2n) is 8.71. The van der Waals surface area contributed by atoms with Gasteiger partial charge in [0.1, 0.15) is 16.8 Å². The number of nitriles is 1. The molecule has 1 N–H and O–H groups in total. The predicted octanol–water partition coefficient (Wildman–Crippen LogP) is 7.37. The highest BCUT2D eigenvalue weighted by Crippen LogP contribution is 2.41. The number of carbonyl (C=O) groups is 1. The summed E-state index contributed by atoms with van der Waals surface area (Å²) < 4.78 is 20.4. The number of ether oxygens (including phenoxy) is 1. The number of aromatic nitrogens is 1. The quantitative estimate of drug-likeness (QED) is 0.226. The Hall–Kier alpha value is -2.71. The lowest BCUT2D eigenvalue weighted by Gasteiger charge is -2.34. The van der Waals surface area contributed by atoms with Gasteiger partial charge in [-0.25, -0.2) is 14.2 Å². The van der Waals surface area contributed by atoms with E-state index in [9.17, 15) is 19.3 Å². The van der Waals surface area contributed by atoms with Crippen molar-refractivity contribution in [3.05, 3.63) is 37.2 Å². The number of pyridine rings is 1. The summed E-state index contributed by atoms with van der Waals surface area (Å²) in [7, 11) is 0. The number of hydrogen-bond acceptors (Lipinski definition) is 7. The molecule has 12 heteroatoms. The van der Waals surface area contributed by atoms with Crippen molar-refractivity contribution in [3.8, 4) is 6.07 Å². The molecule has 0 aliphatic carbocycles. The van der Waals surface area contributed by atoms with Crippen molar-refractivity contribution in [3.63, 3.8) is 0 Å². The Morgan fingerprint density at radius 2 is 1.92 bits per heavy atom. The van der Waals surface area contributed by atoms with Gasteiger partial charge in [-0.2, -0.15) is 5.26 Å². The molecule has 0 unspecified atom stereocenters. The molecule has 0 radical (unpaired) electrons. The normalized spacial score (nSPS) is 13.5. The summed E-state index contributed by atoms with van der Waals surface area (Å²) in [6.45, 7) is 13.4. The number of likely N-dealkylation sites (tertiary alicyclic amines) is 1. The lowest BCUT2D eigenvalue weighted by Crippen LogP contribution is -2.44. The standard InChI is InChI=1S/C20H23BrClFN4O4.C2H3N.C2H6/c1-10-9-12-15(14(23)13(10)21)25-18(22)17(27(29)30)16(12)24-11-5-7-26(8-6-11)19(28)31-20(2,3)4;1-2-3;1-2/h9,11H,5-8H2,1-4H3,(H,24,25);1H3;1-2H3. The molecule has 1 aliphatic rings. The number of nitro groups is 1. The van der Waals surface area contributed by atoms with E-state index in [-0.39, 0.29) is 32.3 Å². The molecule has 1 amide bonds. The molecule has 198 valence electrons. The molecule has 36 heavy (non-hydrogen) atoms. The number of nitrogens with one attached hydrogen (secondary N) is 1. The molecule has 3 rings (SSSR count). The maximum atomic E-state index is 14.8. The first-order valence-corrected chi connectivity index (χ1v) is 12.6. The Kier molecular flexibility index (Phi) is 11.8. The van der Waals surface area contributed by atoms with E-state index >= 15 is 0 Å². The van der Waals surface area contributed by atoms with Crippen LogP contribution < -0.4 is 5.32 Å². The monoisotopic (exact) mass is 587 g/mol. The Morgan fingerprint density at radius 3 is 2.39 bits per heavy atom. The number of aryl methyl sites for hydroxylation is 1. The highest BCUT2D eigenvalue weighted by Gasteiger charge is 2.31. The van der Waals surface area contributed by atoms with Gasteiger partial charge in [-0.15, -0.1) is 0 Å². The minimum Gasteiger partial charge on any atom is -0.444 e. The van der Waals surface area contributed by atoms with Crippen LogP contribution in [0.3, 0.4) is 0 Å². The molecule has 1 aromatic carbocycles. The van der Waals surface area contributed by atoms with Crippen LogP contribution >= 0.6 is 27.5 Å². The maximum Gasteiger partial charge on any atom is 0.410 e. The lowest BCUT2D eigenvalue weighted by atomic mass is 10.0. The number of amides is 1. The van der Waals surface area contributed by atoms with E-state index in [1.807, 2.05) is 13.8 Å². The molecule has 1 fully saturated rings. The number of benzene rings is 1. The van der Waals surface area contributed by atoms with Gasteiger partial charge in [0.25, 0.3) is 0 Å². The number of hydrogen-bond donors (Lipinski definition) is 1. The van der Waals surface area contributed by atoms with E-state index in [1.165, 1.54) is 6.92 Å². The predicted molar refractivity (Wildman–Crippen MR) is 143 cm³/mol. The van der Waals surface area contributed by atoms with E-state index in [0.717, 1.165) is 0 Å². The Bertz CT molecular complexity index is 1140. The first kappa shape index (κ1) is 31.3. The molecule has 0 atom stereocenters. The third kappa shape index (κ3) is 7.90. The number of anilines is 1. The van der Waals surface area contributed by atoms with Gasteiger partial charge < -0.3 is 15.0 Å². The van der Waals surface area contributed by atoms with Crippen LogP contribution in [0, 0.1) is 34.2 Å². The van der Waals surface area contributed by atoms with Crippen LogP contribution in [0.1, 0.15) is 59.9 Å². The fourth-order valence-electron chi connectivity index (χ4n) is 3.47. The highest BCUT2D eigenvalue weighted by molar-refractivity contribution is 9.10. The fraction of sp³-hybridized carbons (Fsp3) is 0.542. The number of nitrogens with zero attached hydrogens (tertiary/aromatic N) is 4. The van der Waals surface area contributed by atoms with Crippen molar-refractivity contribution >= 4 is 55.9 Å². The second kappa shape index (κ2) is 13.6. The molecule has 9 nitrogen and oxygen atoms in total. The second-order valence-corrected chi connectivity index (χ2v) is 9.86. The summed E-state index contributed by atoms with van der Waals surface area (Å²) in [5, 5.41) is 22.1. The number of piperidine rings is 1. The van der Waals surface area contributed by atoms with Gasteiger partial charge in [-0.3, -0.25) is 10.1 Å².